The van der Waals surface area contributed by atoms with E-state index in [1.54, 1.807) is 6.07 Å². The van der Waals surface area contributed by atoms with Crippen molar-refractivity contribution in [2.24, 2.45) is 5.73 Å². The summed E-state index contributed by atoms with van der Waals surface area (Å²) >= 11 is 0. The molecular formula is C24H24N2O. The smallest absolute Gasteiger partial charge is 0.248 e. The number of carbonyl (C=O) groups is 1. The zero-order valence-electron chi connectivity index (χ0n) is 15.5. The molecule has 3 N–H and O–H groups in total. The Labute approximate surface area is 160 Å². The fraction of sp³-hybridized carbons (Fsp3) is 0.208. The third kappa shape index (κ3) is 3.79. The molecule has 4 rings (SSSR count). The topological polar surface area (TPSA) is 55.1 Å². The van der Waals surface area contributed by atoms with Crippen molar-refractivity contribution in [3.8, 4) is 11.1 Å². The van der Waals surface area contributed by atoms with Crippen molar-refractivity contribution >= 4 is 5.91 Å². The molecular weight excluding hydrogens is 332 g/mol. The first-order valence-corrected chi connectivity index (χ1v) is 9.40. The fourth-order valence-electron chi connectivity index (χ4n) is 3.91. The van der Waals surface area contributed by atoms with E-state index in [0.717, 1.165) is 36.1 Å². The van der Waals surface area contributed by atoms with Crippen molar-refractivity contribution < 1.29 is 4.79 Å². The van der Waals surface area contributed by atoms with Crippen LogP contribution in [0.5, 0.6) is 0 Å². The summed E-state index contributed by atoms with van der Waals surface area (Å²) < 4.78 is 0. The second-order valence-electron chi connectivity index (χ2n) is 7.35. The van der Waals surface area contributed by atoms with Gasteiger partial charge < -0.3 is 11.1 Å². The Hall–Kier alpha value is -2.91. The molecule has 0 atom stereocenters. The van der Waals surface area contributed by atoms with E-state index in [-0.39, 0.29) is 5.91 Å². The van der Waals surface area contributed by atoms with Crippen molar-refractivity contribution in [2.75, 3.05) is 0 Å². The molecule has 0 aliphatic heterocycles. The molecule has 3 heteroatoms. The van der Waals surface area contributed by atoms with Gasteiger partial charge >= 0.3 is 0 Å². The minimum Gasteiger partial charge on any atom is -0.366 e. The molecule has 136 valence electrons. The molecule has 0 radical (unpaired) electrons. The number of rotatable bonds is 5. The number of nitrogens with two attached hydrogens (primary N) is 1. The Morgan fingerprint density at radius 1 is 1.00 bits per heavy atom. The van der Waals surface area contributed by atoms with E-state index in [9.17, 15) is 4.79 Å². The largest absolute Gasteiger partial charge is 0.366 e. The SMILES string of the molecule is Cc1cc(C(N)=O)ccc1-c1ccc(CNC2Cc3ccccc3C2)cc1. The molecule has 0 bridgehead atoms. The number of benzene rings is 3. The Bertz CT molecular complexity index is 951. The minimum atomic E-state index is -0.389. The first kappa shape index (κ1) is 17.5. The summed E-state index contributed by atoms with van der Waals surface area (Å²) in [5.41, 5.74) is 13.5. The van der Waals surface area contributed by atoms with Gasteiger partial charge in [0.15, 0.2) is 0 Å². The van der Waals surface area contributed by atoms with Gasteiger partial charge in [0.05, 0.1) is 0 Å². The molecule has 0 spiro atoms. The van der Waals surface area contributed by atoms with Crippen molar-refractivity contribution in [3.05, 3.63) is 94.5 Å². The standard InChI is InChI=1S/C24H24N2O/c1-16-12-21(24(25)27)10-11-23(16)18-8-6-17(7-9-18)15-26-22-13-19-4-2-3-5-20(19)14-22/h2-12,22,26H,13-15H2,1H3,(H2,25,27). The summed E-state index contributed by atoms with van der Waals surface area (Å²) in [6.07, 6.45) is 2.22. The lowest BCUT2D eigenvalue weighted by Crippen LogP contribution is -2.28. The van der Waals surface area contributed by atoms with Crippen molar-refractivity contribution in [2.45, 2.75) is 32.4 Å². The first-order valence-electron chi connectivity index (χ1n) is 9.40. The highest BCUT2D eigenvalue weighted by Gasteiger charge is 2.20. The predicted octanol–water partition coefficient (Wildman–Crippen LogP) is 4.02. The van der Waals surface area contributed by atoms with Crippen LogP contribution in [0, 0.1) is 6.92 Å². The molecule has 0 saturated carbocycles. The van der Waals surface area contributed by atoms with E-state index < -0.39 is 0 Å². The van der Waals surface area contributed by atoms with Crippen LogP contribution in [-0.4, -0.2) is 11.9 Å². The van der Waals surface area contributed by atoms with Gasteiger partial charge in [-0.1, -0.05) is 54.6 Å². The Kier molecular flexibility index (Phi) is 4.78. The lowest BCUT2D eigenvalue weighted by atomic mass is 9.97. The fourth-order valence-corrected chi connectivity index (χ4v) is 3.91. The highest BCUT2D eigenvalue weighted by atomic mass is 16.1. The van der Waals surface area contributed by atoms with Gasteiger partial charge in [0.2, 0.25) is 5.91 Å². The molecule has 1 aliphatic carbocycles. The molecule has 27 heavy (non-hydrogen) atoms. The number of fused-ring (bicyclic) bond motifs is 1. The van der Waals surface area contributed by atoms with E-state index in [2.05, 4.69) is 53.8 Å². The molecule has 3 aromatic carbocycles. The molecule has 1 aliphatic rings. The summed E-state index contributed by atoms with van der Waals surface area (Å²) in [6.45, 7) is 2.88. The zero-order valence-corrected chi connectivity index (χ0v) is 15.5. The van der Waals surface area contributed by atoms with E-state index in [0.29, 0.717) is 11.6 Å². The van der Waals surface area contributed by atoms with Gasteiger partial charge in [-0.2, -0.15) is 0 Å². The molecule has 3 aromatic rings. The molecule has 0 unspecified atom stereocenters. The van der Waals surface area contributed by atoms with Gasteiger partial charge in [-0.15, -0.1) is 0 Å². The van der Waals surface area contributed by atoms with Crippen LogP contribution in [-0.2, 0) is 19.4 Å². The van der Waals surface area contributed by atoms with Gasteiger partial charge in [0, 0.05) is 18.2 Å². The van der Waals surface area contributed by atoms with Gasteiger partial charge in [-0.05, 0) is 65.3 Å². The van der Waals surface area contributed by atoms with E-state index >= 15 is 0 Å². The highest BCUT2D eigenvalue weighted by molar-refractivity contribution is 5.93. The van der Waals surface area contributed by atoms with Crippen LogP contribution in [0.25, 0.3) is 11.1 Å². The summed E-state index contributed by atoms with van der Waals surface area (Å²) in [5.74, 6) is -0.389. The van der Waals surface area contributed by atoms with Crippen LogP contribution >= 0.6 is 0 Å². The Balaban J connectivity index is 1.40. The molecule has 1 amide bonds. The van der Waals surface area contributed by atoms with Crippen molar-refractivity contribution in [1.82, 2.24) is 5.32 Å². The van der Waals surface area contributed by atoms with Gasteiger partial charge in [-0.25, -0.2) is 0 Å². The predicted molar refractivity (Wildman–Crippen MR) is 110 cm³/mol. The average Bonchev–Trinajstić information content (AvgIpc) is 3.10. The van der Waals surface area contributed by atoms with Crippen LogP contribution in [0.4, 0.5) is 0 Å². The third-order valence-corrected chi connectivity index (χ3v) is 5.42. The summed E-state index contributed by atoms with van der Waals surface area (Å²) in [5, 5.41) is 3.68. The first-order chi connectivity index (χ1) is 13.1. The molecule has 0 fully saturated rings. The van der Waals surface area contributed by atoms with Crippen molar-refractivity contribution in [3.63, 3.8) is 0 Å². The Morgan fingerprint density at radius 3 is 2.26 bits per heavy atom. The van der Waals surface area contributed by atoms with Crippen LogP contribution < -0.4 is 11.1 Å². The summed E-state index contributed by atoms with van der Waals surface area (Å²) in [6, 6.07) is 23.5. The van der Waals surface area contributed by atoms with E-state index in [1.165, 1.54) is 16.7 Å². The number of hydrogen-bond donors (Lipinski definition) is 2. The summed E-state index contributed by atoms with van der Waals surface area (Å²) in [7, 11) is 0. The molecule has 3 nitrogen and oxygen atoms in total. The van der Waals surface area contributed by atoms with Gasteiger partial charge in [0.25, 0.3) is 0 Å². The van der Waals surface area contributed by atoms with Crippen LogP contribution in [0.3, 0.4) is 0 Å². The van der Waals surface area contributed by atoms with E-state index in [1.807, 2.05) is 19.1 Å². The molecule has 0 saturated heterocycles. The number of nitrogens with one attached hydrogen (secondary N) is 1. The van der Waals surface area contributed by atoms with Gasteiger partial charge in [0.1, 0.15) is 0 Å². The van der Waals surface area contributed by atoms with Crippen molar-refractivity contribution in [1.29, 1.82) is 0 Å². The van der Waals surface area contributed by atoms with Crippen LogP contribution in [0.1, 0.15) is 32.6 Å². The second-order valence-corrected chi connectivity index (χ2v) is 7.35. The third-order valence-electron chi connectivity index (χ3n) is 5.42. The lowest BCUT2D eigenvalue weighted by molar-refractivity contribution is 0.1000. The lowest BCUT2D eigenvalue weighted by Gasteiger charge is -2.13. The highest BCUT2D eigenvalue weighted by Crippen LogP contribution is 2.25. The maximum Gasteiger partial charge on any atom is 0.248 e. The van der Waals surface area contributed by atoms with E-state index in [4.69, 9.17) is 5.73 Å². The molecule has 0 heterocycles. The van der Waals surface area contributed by atoms with Crippen LogP contribution in [0.15, 0.2) is 66.7 Å². The normalized spacial score (nSPS) is 13.5. The number of hydrogen-bond acceptors (Lipinski definition) is 2. The maximum absolute atomic E-state index is 11.3. The monoisotopic (exact) mass is 356 g/mol. The summed E-state index contributed by atoms with van der Waals surface area (Å²) in [4.78, 5) is 11.3. The number of amides is 1. The number of carbonyl (C=O) groups excluding carboxylic acids is 1. The minimum absolute atomic E-state index is 0.389. The number of aryl methyl sites for hydroxylation is 1. The second kappa shape index (κ2) is 7.37. The maximum atomic E-state index is 11.3. The van der Waals surface area contributed by atoms with Crippen LogP contribution in [0.2, 0.25) is 0 Å². The Morgan fingerprint density at radius 2 is 1.67 bits per heavy atom. The average molecular weight is 356 g/mol. The quantitative estimate of drug-likeness (QED) is 0.725. The zero-order chi connectivity index (χ0) is 18.8. The molecule has 0 aromatic heterocycles. The number of primary amides is 1. The van der Waals surface area contributed by atoms with Gasteiger partial charge in [-0.3, -0.25) is 4.79 Å².